The number of ether oxygens (including phenoxy) is 2. The minimum absolute atomic E-state index is 0.231. The molecule has 1 unspecified atom stereocenters. The fourth-order valence-corrected chi connectivity index (χ4v) is 3.02. The molecule has 0 radical (unpaired) electrons. The third kappa shape index (κ3) is 2.52. The predicted octanol–water partition coefficient (Wildman–Crippen LogP) is 0.789. The van der Waals surface area contributed by atoms with Gasteiger partial charge in [0.15, 0.2) is 0 Å². The number of esters is 1. The topological polar surface area (TPSA) is 61.5 Å². The van der Waals surface area contributed by atoms with E-state index in [1.165, 1.54) is 0 Å². The summed E-state index contributed by atoms with van der Waals surface area (Å²) in [6.07, 6.45) is 2.11. The predicted molar refractivity (Wildman–Crippen MR) is 63.3 cm³/mol. The molecular formula is C11H19NO3S. The monoisotopic (exact) mass is 245 g/mol. The average Bonchev–Trinajstić information content (AvgIpc) is 2.98. The van der Waals surface area contributed by atoms with Crippen LogP contribution in [0.15, 0.2) is 0 Å². The van der Waals surface area contributed by atoms with Gasteiger partial charge in [0.2, 0.25) is 0 Å². The first kappa shape index (κ1) is 12.2. The lowest BCUT2D eigenvalue weighted by molar-refractivity contribution is -0.149. The van der Waals surface area contributed by atoms with Crippen LogP contribution in [-0.2, 0) is 14.3 Å². The van der Waals surface area contributed by atoms with Gasteiger partial charge in [-0.3, -0.25) is 4.79 Å². The summed E-state index contributed by atoms with van der Waals surface area (Å²) < 4.78 is 10.2. The smallest absolute Gasteiger partial charge is 0.327 e. The number of hydrogen-bond acceptors (Lipinski definition) is 5. The van der Waals surface area contributed by atoms with Crippen LogP contribution >= 0.6 is 11.8 Å². The van der Waals surface area contributed by atoms with Crippen LogP contribution in [-0.4, -0.2) is 42.3 Å². The van der Waals surface area contributed by atoms with Crippen LogP contribution in [0.5, 0.6) is 0 Å². The number of rotatable bonds is 6. The number of carbonyl (C=O) groups is 1. The molecule has 1 aliphatic carbocycles. The molecule has 92 valence electrons. The van der Waals surface area contributed by atoms with E-state index in [2.05, 4.69) is 0 Å². The van der Waals surface area contributed by atoms with Gasteiger partial charge in [-0.15, -0.1) is 0 Å². The number of carbonyl (C=O) groups excluding carboxylic acids is 1. The largest absolute Gasteiger partial charge is 0.465 e. The van der Waals surface area contributed by atoms with Crippen LogP contribution in [0.2, 0.25) is 0 Å². The van der Waals surface area contributed by atoms with Crippen molar-refractivity contribution >= 4 is 17.7 Å². The lowest BCUT2D eigenvalue weighted by Crippen LogP contribution is -2.54. The van der Waals surface area contributed by atoms with E-state index in [1.807, 2.05) is 6.92 Å². The summed E-state index contributed by atoms with van der Waals surface area (Å²) in [7, 11) is 0. The fourth-order valence-electron chi connectivity index (χ4n) is 1.77. The van der Waals surface area contributed by atoms with Crippen molar-refractivity contribution in [3.63, 3.8) is 0 Å². The zero-order valence-corrected chi connectivity index (χ0v) is 10.4. The maximum Gasteiger partial charge on any atom is 0.327 e. The van der Waals surface area contributed by atoms with E-state index < -0.39 is 5.54 Å². The second-order valence-electron chi connectivity index (χ2n) is 4.51. The standard InChI is InChI=1S/C11H19NO3S/c1-2-15-10(13)11(12,8-3-4-8)7-16-9-5-14-6-9/h8-9H,2-7,12H2,1H3. The number of nitrogens with two attached hydrogens (primary N) is 1. The summed E-state index contributed by atoms with van der Waals surface area (Å²) in [4.78, 5) is 11.9. The van der Waals surface area contributed by atoms with Gasteiger partial charge in [-0.05, 0) is 25.7 Å². The Balaban J connectivity index is 1.88. The van der Waals surface area contributed by atoms with E-state index in [9.17, 15) is 4.79 Å². The lowest BCUT2D eigenvalue weighted by atomic mass is 9.97. The third-order valence-corrected chi connectivity index (χ3v) is 4.51. The normalized spacial score (nSPS) is 24.6. The van der Waals surface area contributed by atoms with Gasteiger partial charge in [0.1, 0.15) is 5.54 Å². The fraction of sp³-hybridized carbons (Fsp3) is 0.909. The summed E-state index contributed by atoms with van der Waals surface area (Å²) in [5, 5.41) is 0.510. The van der Waals surface area contributed by atoms with Gasteiger partial charge in [0.05, 0.1) is 25.1 Å². The molecule has 2 aliphatic rings. The van der Waals surface area contributed by atoms with E-state index >= 15 is 0 Å². The molecule has 1 heterocycles. The molecule has 0 amide bonds. The summed E-state index contributed by atoms with van der Waals surface area (Å²) in [6.45, 7) is 3.79. The minimum Gasteiger partial charge on any atom is -0.465 e. The molecule has 0 aromatic carbocycles. The zero-order chi connectivity index (χ0) is 11.6. The van der Waals surface area contributed by atoms with E-state index in [-0.39, 0.29) is 5.97 Å². The van der Waals surface area contributed by atoms with Gasteiger partial charge in [-0.2, -0.15) is 11.8 Å². The van der Waals surface area contributed by atoms with Crippen LogP contribution in [0.3, 0.4) is 0 Å². The van der Waals surface area contributed by atoms with E-state index in [0.717, 1.165) is 26.1 Å². The number of thioether (sulfide) groups is 1. The Hall–Kier alpha value is -0.260. The molecule has 2 N–H and O–H groups in total. The van der Waals surface area contributed by atoms with Crippen LogP contribution in [0, 0.1) is 5.92 Å². The Morgan fingerprint density at radius 2 is 2.25 bits per heavy atom. The first-order valence-corrected chi connectivity index (χ1v) is 6.87. The van der Waals surface area contributed by atoms with Gasteiger partial charge < -0.3 is 15.2 Å². The van der Waals surface area contributed by atoms with Gasteiger partial charge >= 0.3 is 5.97 Å². The lowest BCUT2D eigenvalue weighted by Gasteiger charge is -2.31. The maximum atomic E-state index is 11.9. The Bertz CT molecular complexity index is 266. The SMILES string of the molecule is CCOC(=O)C(N)(CSC1COC1)C1CC1. The van der Waals surface area contributed by atoms with Crippen LogP contribution in [0.25, 0.3) is 0 Å². The second kappa shape index (κ2) is 4.94. The van der Waals surface area contributed by atoms with Crippen LogP contribution < -0.4 is 5.73 Å². The first-order chi connectivity index (χ1) is 7.66. The minimum atomic E-state index is -0.768. The van der Waals surface area contributed by atoms with Crippen molar-refractivity contribution in [3.05, 3.63) is 0 Å². The Morgan fingerprint density at radius 3 is 2.69 bits per heavy atom. The Labute approximate surface area is 100 Å². The number of hydrogen-bond donors (Lipinski definition) is 1. The van der Waals surface area contributed by atoms with E-state index in [0.29, 0.717) is 23.5 Å². The molecule has 4 nitrogen and oxygen atoms in total. The van der Waals surface area contributed by atoms with Crippen molar-refractivity contribution in [2.24, 2.45) is 11.7 Å². The highest BCUT2D eigenvalue weighted by Crippen LogP contribution is 2.41. The Morgan fingerprint density at radius 1 is 1.56 bits per heavy atom. The maximum absolute atomic E-state index is 11.9. The van der Waals surface area contributed by atoms with Crippen molar-refractivity contribution in [2.45, 2.75) is 30.6 Å². The van der Waals surface area contributed by atoms with Crippen molar-refractivity contribution in [1.82, 2.24) is 0 Å². The van der Waals surface area contributed by atoms with Crippen molar-refractivity contribution in [3.8, 4) is 0 Å². The van der Waals surface area contributed by atoms with Crippen molar-refractivity contribution in [2.75, 3.05) is 25.6 Å². The quantitative estimate of drug-likeness (QED) is 0.701. The first-order valence-electron chi connectivity index (χ1n) is 5.82. The molecule has 2 fully saturated rings. The molecule has 0 aromatic heterocycles. The third-order valence-electron chi connectivity index (χ3n) is 3.13. The van der Waals surface area contributed by atoms with E-state index in [1.54, 1.807) is 11.8 Å². The Kier molecular flexibility index (Phi) is 3.77. The summed E-state index contributed by atoms with van der Waals surface area (Å²) >= 11 is 1.74. The molecule has 0 bridgehead atoms. The van der Waals surface area contributed by atoms with Gasteiger partial charge in [0.25, 0.3) is 0 Å². The highest BCUT2D eigenvalue weighted by Gasteiger charge is 2.49. The summed E-state index contributed by atoms with van der Waals surface area (Å²) in [5.41, 5.74) is 5.46. The van der Waals surface area contributed by atoms with Gasteiger partial charge in [-0.1, -0.05) is 0 Å². The average molecular weight is 245 g/mol. The van der Waals surface area contributed by atoms with Gasteiger partial charge in [-0.25, -0.2) is 0 Å². The van der Waals surface area contributed by atoms with Gasteiger partial charge in [0, 0.05) is 5.75 Å². The molecule has 2 rings (SSSR count). The van der Waals surface area contributed by atoms with Crippen molar-refractivity contribution < 1.29 is 14.3 Å². The molecule has 16 heavy (non-hydrogen) atoms. The summed E-state index contributed by atoms with van der Waals surface area (Å²) in [6, 6.07) is 0. The van der Waals surface area contributed by atoms with E-state index in [4.69, 9.17) is 15.2 Å². The summed E-state index contributed by atoms with van der Waals surface area (Å²) in [5.74, 6) is 0.745. The molecule has 1 atom stereocenters. The molecular weight excluding hydrogens is 226 g/mol. The molecule has 0 spiro atoms. The van der Waals surface area contributed by atoms with Crippen molar-refractivity contribution in [1.29, 1.82) is 0 Å². The highest BCUT2D eigenvalue weighted by atomic mass is 32.2. The van der Waals surface area contributed by atoms with Crippen LogP contribution in [0.1, 0.15) is 19.8 Å². The van der Waals surface area contributed by atoms with Crippen LogP contribution in [0.4, 0.5) is 0 Å². The molecule has 1 saturated heterocycles. The molecule has 0 aromatic rings. The zero-order valence-electron chi connectivity index (χ0n) is 9.61. The highest BCUT2D eigenvalue weighted by molar-refractivity contribution is 8.00. The molecule has 5 heteroatoms. The molecule has 1 aliphatic heterocycles. The second-order valence-corrected chi connectivity index (χ2v) is 5.79. The molecule has 1 saturated carbocycles.